The number of hydrogen-bond donors (Lipinski definition) is 1. The fraction of sp³-hybridized carbons (Fsp3) is 0.318. The van der Waals surface area contributed by atoms with Gasteiger partial charge in [0.2, 0.25) is 0 Å². The summed E-state index contributed by atoms with van der Waals surface area (Å²) in [6, 6.07) is 4.74. The zero-order chi connectivity index (χ0) is 22.1. The highest BCUT2D eigenvalue weighted by atomic mass is 35.5. The Bertz CT molecular complexity index is 1360. The molecule has 160 valence electrons. The molecule has 9 heteroatoms. The Labute approximate surface area is 186 Å². The molecule has 31 heavy (non-hydrogen) atoms. The Balaban J connectivity index is 1.83. The highest BCUT2D eigenvalue weighted by Crippen LogP contribution is 2.41. The number of rotatable bonds is 3. The SMILES string of the molecule is CC[C@@]1(O)C(=O)OCc2c1cc1n(c2=O)Cc2c-1nc1cc(F)c(SC)cc1c2CCl. The lowest BCUT2D eigenvalue weighted by Crippen LogP contribution is -2.44. The van der Waals surface area contributed by atoms with Gasteiger partial charge in [-0.1, -0.05) is 6.92 Å². The van der Waals surface area contributed by atoms with Crippen molar-refractivity contribution in [3.8, 4) is 11.4 Å². The molecule has 1 N–H and O–H groups in total. The first-order valence-corrected chi connectivity index (χ1v) is 11.5. The average Bonchev–Trinajstić information content (AvgIpc) is 3.13. The van der Waals surface area contributed by atoms with E-state index in [2.05, 4.69) is 4.98 Å². The lowest BCUT2D eigenvalue weighted by Gasteiger charge is -2.31. The van der Waals surface area contributed by atoms with Gasteiger partial charge in [-0.15, -0.1) is 23.4 Å². The summed E-state index contributed by atoms with van der Waals surface area (Å²) < 4.78 is 21.1. The second-order valence-electron chi connectivity index (χ2n) is 7.66. The van der Waals surface area contributed by atoms with Crippen molar-refractivity contribution in [3.05, 3.63) is 56.6 Å². The van der Waals surface area contributed by atoms with Crippen molar-refractivity contribution in [1.29, 1.82) is 0 Å². The van der Waals surface area contributed by atoms with Crippen molar-refractivity contribution in [2.75, 3.05) is 6.26 Å². The van der Waals surface area contributed by atoms with E-state index in [1.54, 1.807) is 29.9 Å². The van der Waals surface area contributed by atoms with E-state index in [9.17, 15) is 19.1 Å². The number of hydrogen-bond acceptors (Lipinski definition) is 6. The van der Waals surface area contributed by atoms with Gasteiger partial charge in [0.25, 0.3) is 5.56 Å². The van der Waals surface area contributed by atoms with Crippen LogP contribution in [-0.2, 0) is 34.2 Å². The average molecular weight is 461 g/mol. The van der Waals surface area contributed by atoms with E-state index in [-0.39, 0.29) is 48.0 Å². The van der Waals surface area contributed by atoms with Crippen LogP contribution in [-0.4, -0.2) is 26.9 Å². The van der Waals surface area contributed by atoms with Crippen molar-refractivity contribution >= 4 is 40.2 Å². The second-order valence-corrected chi connectivity index (χ2v) is 8.77. The van der Waals surface area contributed by atoms with Crippen LogP contribution in [0.5, 0.6) is 0 Å². The normalized spacial score (nSPS) is 19.2. The van der Waals surface area contributed by atoms with Crippen molar-refractivity contribution in [3.63, 3.8) is 0 Å². The van der Waals surface area contributed by atoms with Crippen molar-refractivity contribution in [2.45, 2.75) is 42.9 Å². The Morgan fingerprint density at radius 2 is 2.10 bits per heavy atom. The number of carbonyl (C=O) groups is 1. The van der Waals surface area contributed by atoms with Crippen LogP contribution < -0.4 is 5.56 Å². The molecule has 0 radical (unpaired) electrons. The first kappa shape index (κ1) is 20.5. The Morgan fingerprint density at radius 1 is 1.32 bits per heavy atom. The maximum atomic E-state index is 14.4. The predicted octanol–water partition coefficient (Wildman–Crippen LogP) is 3.68. The summed E-state index contributed by atoms with van der Waals surface area (Å²) in [5.41, 5.74) is 1.26. The monoisotopic (exact) mass is 460 g/mol. The number of ether oxygens (including phenoxy) is 1. The van der Waals surface area contributed by atoms with Crippen LogP contribution in [0.15, 0.2) is 27.9 Å². The molecule has 0 bridgehead atoms. The van der Waals surface area contributed by atoms with Crippen LogP contribution in [0.2, 0.25) is 0 Å². The molecule has 0 fully saturated rings. The number of benzene rings is 1. The molecule has 2 aliphatic rings. The van der Waals surface area contributed by atoms with E-state index >= 15 is 0 Å². The van der Waals surface area contributed by atoms with Crippen LogP contribution in [0.3, 0.4) is 0 Å². The molecule has 0 aliphatic carbocycles. The van der Waals surface area contributed by atoms with Gasteiger partial charge in [0.15, 0.2) is 5.60 Å². The highest BCUT2D eigenvalue weighted by molar-refractivity contribution is 7.98. The van der Waals surface area contributed by atoms with Crippen LogP contribution in [0.4, 0.5) is 4.39 Å². The van der Waals surface area contributed by atoms with Gasteiger partial charge in [-0.25, -0.2) is 14.2 Å². The summed E-state index contributed by atoms with van der Waals surface area (Å²) in [6.45, 7) is 1.72. The zero-order valence-electron chi connectivity index (χ0n) is 16.8. The fourth-order valence-corrected chi connectivity index (χ4v) is 5.27. The summed E-state index contributed by atoms with van der Waals surface area (Å²) in [5, 5.41) is 11.7. The minimum absolute atomic E-state index is 0.0648. The Kier molecular flexibility index (Phi) is 4.66. The molecule has 0 unspecified atom stereocenters. The maximum absolute atomic E-state index is 14.4. The number of thioether (sulfide) groups is 1. The van der Waals surface area contributed by atoms with Gasteiger partial charge in [-0.05, 0) is 30.4 Å². The number of halogens is 2. The summed E-state index contributed by atoms with van der Waals surface area (Å²) in [7, 11) is 0. The quantitative estimate of drug-likeness (QED) is 0.285. The first-order chi connectivity index (χ1) is 14.8. The lowest BCUT2D eigenvalue weighted by molar-refractivity contribution is -0.172. The molecule has 1 atom stereocenters. The number of alkyl halides is 1. The molecular weight excluding hydrogens is 443 g/mol. The number of carbonyl (C=O) groups excluding carboxylic acids is 1. The fourth-order valence-electron chi connectivity index (χ4n) is 4.47. The summed E-state index contributed by atoms with van der Waals surface area (Å²) >= 11 is 7.60. The van der Waals surface area contributed by atoms with Crippen LogP contribution in [0.1, 0.15) is 35.6 Å². The van der Waals surface area contributed by atoms with Crippen LogP contribution in [0.25, 0.3) is 22.3 Å². The third-order valence-corrected chi connectivity index (χ3v) is 7.23. The number of aliphatic hydroxyl groups is 1. The zero-order valence-corrected chi connectivity index (χ0v) is 18.4. The van der Waals surface area contributed by atoms with Crippen molar-refractivity contribution in [2.24, 2.45) is 0 Å². The third-order valence-electron chi connectivity index (χ3n) is 6.21. The number of esters is 1. The largest absolute Gasteiger partial charge is 0.458 e. The Morgan fingerprint density at radius 3 is 2.77 bits per heavy atom. The number of nitrogens with zero attached hydrogens (tertiary/aromatic N) is 2. The van der Waals surface area contributed by atoms with E-state index in [1.165, 1.54) is 17.8 Å². The molecule has 5 rings (SSSR count). The van der Waals surface area contributed by atoms with E-state index in [1.807, 2.05) is 0 Å². The van der Waals surface area contributed by atoms with Crippen molar-refractivity contribution < 1.29 is 19.0 Å². The Hall–Kier alpha value is -2.42. The lowest BCUT2D eigenvalue weighted by atomic mass is 9.86. The van der Waals surface area contributed by atoms with E-state index in [0.717, 1.165) is 16.5 Å². The number of fused-ring (bicyclic) bond motifs is 5. The maximum Gasteiger partial charge on any atom is 0.343 e. The summed E-state index contributed by atoms with van der Waals surface area (Å²) in [4.78, 5) is 30.7. The molecule has 1 aromatic carbocycles. The summed E-state index contributed by atoms with van der Waals surface area (Å²) in [6.07, 6.45) is 1.86. The molecule has 3 aromatic rings. The number of pyridine rings is 2. The van der Waals surface area contributed by atoms with Gasteiger partial charge in [0.05, 0.1) is 29.0 Å². The molecule has 0 amide bonds. The third kappa shape index (κ3) is 2.71. The van der Waals surface area contributed by atoms with E-state index in [4.69, 9.17) is 16.3 Å². The molecule has 0 spiro atoms. The van der Waals surface area contributed by atoms with Gasteiger partial charge < -0.3 is 14.4 Å². The van der Waals surface area contributed by atoms with Crippen molar-refractivity contribution in [1.82, 2.24) is 9.55 Å². The highest BCUT2D eigenvalue weighted by Gasteiger charge is 2.45. The topological polar surface area (TPSA) is 81.4 Å². The molecule has 4 heterocycles. The van der Waals surface area contributed by atoms with Gasteiger partial charge in [0, 0.05) is 33.4 Å². The molecule has 2 aromatic heterocycles. The minimum atomic E-state index is -1.89. The molecule has 0 saturated carbocycles. The van der Waals surface area contributed by atoms with Crippen LogP contribution >= 0.6 is 23.4 Å². The molecular formula is C22H18ClFN2O4S. The first-order valence-electron chi connectivity index (χ1n) is 9.76. The van der Waals surface area contributed by atoms with Crippen LogP contribution in [0, 0.1) is 5.82 Å². The van der Waals surface area contributed by atoms with Gasteiger partial charge in [-0.2, -0.15) is 0 Å². The molecule has 6 nitrogen and oxygen atoms in total. The smallest absolute Gasteiger partial charge is 0.343 e. The van der Waals surface area contributed by atoms with E-state index in [0.29, 0.717) is 21.8 Å². The molecule has 0 saturated heterocycles. The van der Waals surface area contributed by atoms with E-state index < -0.39 is 11.6 Å². The minimum Gasteiger partial charge on any atom is -0.458 e. The van der Waals surface area contributed by atoms with Gasteiger partial charge in [-0.3, -0.25) is 4.79 Å². The standard InChI is InChI=1S/C22H18ClFN2O4S/c1-3-22(29)14-5-17-19-12(8-26(17)20(27)13(14)9-30-21(22)28)11(7-23)10-4-18(31-2)15(24)6-16(10)25-19/h4-6,29H,3,7-9H2,1-2H3/t22-/m0/s1. The second kappa shape index (κ2) is 7.05. The number of aromatic nitrogens is 2. The number of cyclic esters (lactones) is 1. The summed E-state index contributed by atoms with van der Waals surface area (Å²) in [5.74, 6) is -0.981. The van der Waals surface area contributed by atoms with Gasteiger partial charge in [0.1, 0.15) is 12.4 Å². The predicted molar refractivity (Wildman–Crippen MR) is 116 cm³/mol. The van der Waals surface area contributed by atoms with Gasteiger partial charge >= 0.3 is 5.97 Å². The molecule has 2 aliphatic heterocycles.